The molecule has 9 heteroatoms. The lowest BCUT2D eigenvalue weighted by atomic mass is 9.46. The first kappa shape index (κ1) is 25.9. The van der Waals surface area contributed by atoms with E-state index in [0.29, 0.717) is 17.5 Å². The zero-order valence-corrected chi connectivity index (χ0v) is 22.7. The quantitative estimate of drug-likeness (QED) is 0.180. The molecule has 5 aliphatic rings. The molecule has 0 unspecified atom stereocenters. The molecule has 0 saturated heterocycles. The van der Waals surface area contributed by atoms with E-state index in [2.05, 4.69) is 30.2 Å². The summed E-state index contributed by atoms with van der Waals surface area (Å²) >= 11 is 0. The second kappa shape index (κ2) is 8.95. The number of carbonyl (C=O) groups is 3. The molecule has 0 aromatic rings. The van der Waals surface area contributed by atoms with Crippen molar-refractivity contribution in [1.29, 1.82) is 0 Å². The van der Waals surface area contributed by atoms with E-state index < -0.39 is 17.5 Å². The fourth-order valence-corrected chi connectivity index (χ4v) is 8.87. The fourth-order valence-electron chi connectivity index (χ4n) is 8.87. The van der Waals surface area contributed by atoms with Gasteiger partial charge in [-0.1, -0.05) is 35.8 Å². The van der Waals surface area contributed by atoms with Gasteiger partial charge in [-0.2, -0.15) is 0 Å². The SMILES string of the molecule is COC(=O)C1=NO[C@]2(/C(C)=N/OC(C)=O)[C@H]1C[C@@H]1[C@H]3CC=C4C[C@@H](OC(C)=O)CC[C@]4(C)[C@@H]3CC[C@@]12C. The number of nitrogens with zero attached hydrogens (tertiary/aromatic N) is 2. The predicted molar refractivity (Wildman–Crippen MR) is 134 cm³/mol. The van der Waals surface area contributed by atoms with Crippen LogP contribution in [0.15, 0.2) is 22.0 Å². The third kappa shape index (κ3) is 3.67. The van der Waals surface area contributed by atoms with Crippen LogP contribution in [0.25, 0.3) is 0 Å². The van der Waals surface area contributed by atoms with Crippen LogP contribution in [-0.2, 0) is 33.5 Å². The third-order valence-corrected chi connectivity index (χ3v) is 10.5. The van der Waals surface area contributed by atoms with Gasteiger partial charge in [0.1, 0.15) is 11.8 Å². The van der Waals surface area contributed by atoms with Crippen LogP contribution in [-0.4, -0.2) is 48.1 Å². The Morgan fingerprint density at radius 1 is 1.08 bits per heavy atom. The summed E-state index contributed by atoms with van der Waals surface area (Å²) in [5.74, 6) is -0.389. The van der Waals surface area contributed by atoms with Crippen molar-refractivity contribution in [3.63, 3.8) is 0 Å². The maximum atomic E-state index is 12.7. The van der Waals surface area contributed by atoms with Gasteiger partial charge in [0, 0.05) is 25.7 Å². The van der Waals surface area contributed by atoms with Crippen LogP contribution in [0.1, 0.15) is 79.6 Å². The number of carbonyl (C=O) groups excluding carboxylic acids is 3. The maximum Gasteiger partial charge on any atom is 0.356 e. The molecule has 0 amide bonds. The summed E-state index contributed by atoms with van der Waals surface area (Å²) in [6.07, 6.45) is 8.59. The first-order valence-corrected chi connectivity index (χ1v) is 13.4. The smallest absolute Gasteiger partial charge is 0.356 e. The molecule has 8 atom stereocenters. The number of fused-ring (bicyclic) bond motifs is 7. The Bertz CT molecular complexity index is 1110. The average Bonchev–Trinajstić information content (AvgIpc) is 3.35. The fraction of sp³-hybridized carbons (Fsp3) is 0.750. The molecule has 37 heavy (non-hydrogen) atoms. The average molecular weight is 515 g/mol. The first-order chi connectivity index (χ1) is 17.5. The van der Waals surface area contributed by atoms with Crippen molar-refractivity contribution in [3.05, 3.63) is 11.6 Å². The number of esters is 2. The van der Waals surface area contributed by atoms with Crippen molar-refractivity contribution in [2.45, 2.75) is 91.3 Å². The Morgan fingerprint density at radius 3 is 2.51 bits per heavy atom. The van der Waals surface area contributed by atoms with Gasteiger partial charge >= 0.3 is 17.9 Å². The predicted octanol–water partition coefficient (Wildman–Crippen LogP) is 4.34. The van der Waals surface area contributed by atoms with Crippen LogP contribution in [0.5, 0.6) is 0 Å². The van der Waals surface area contributed by atoms with Gasteiger partial charge in [-0.05, 0) is 68.6 Å². The largest absolute Gasteiger partial charge is 0.464 e. The minimum Gasteiger partial charge on any atom is -0.464 e. The van der Waals surface area contributed by atoms with Crippen LogP contribution in [0.4, 0.5) is 0 Å². The van der Waals surface area contributed by atoms with Crippen LogP contribution in [0.3, 0.4) is 0 Å². The van der Waals surface area contributed by atoms with Crippen molar-refractivity contribution in [3.8, 4) is 0 Å². The molecule has 0 spiro atoms. The van der Waals surface area contributed by atoms with Crippen molar-refractivity contribution in [1.82, 2.24) is 0 Å². The molecule has 0 aromatic heterocycles. The molecule has 1 heterocycles. The Kier molecular flexibility index (Phi) is 6.27. The van der Waals surface area contributed by atoms with E-state index in [1.165, 1.54) is 26.5 Å². The molecule has 4 aliphatic carbocycles. The highest BCUT2D eigenvalue weighted by Crippen LogP contribution is 2.70. The van der Waals surface area contributed by atoms with E-state index >= 15 is 0 Å². The molecule has 0 aromatic carbocycles. The highest BCUT2D eigenvalue weighted by Gasteiger charge is 2.74. The molecule has 0 bridgehead atoms. The molecule has 0 N–H and O–H groups in total. The molecule has 9 nitrogen and oxygen atoms in total. The van der Waals surface area contributed by atoms with Crippen molar-refractivity contribution < 1.29 is 33.5 Å². The Morgan fingerprint density at radius 2 is 1.84 bits per heavy atom. The Balaban J connectivity index is 1.51. The van der Waals surface area contributed by atoms with Gasteiger partial charge < -0.3 is 19.1 Å². The van der Waals surface area contributed by atoms with Gasteiger partial charge in [0.2, 0.25) is 0 Å². The van der Waals surface area contributed by atoms with E-state index in [4.69, 9.17) is 19.1 Å². The maximum absolute atomic E-state index is 12.7. The van der Waals surface area contributed by atoms with Crippen molar-refractivity contribution >= 4 is 29.3 Å². The molecule has 1 aliphatic heterocycles. The monoisotopic (exact) mass is 514 g/mol. The Labute approximate surface area is 218 Å². The van der Waals surface area contributed by atoms with Gasteiger partial charge in [0.15, 0.2) is 11.3 Å². The van der Waals surface area contributed by atoms with E-state index in [1.54, 1.807) is 0 Å². The van der Waals surface area contributed by atoms with E-state index in [0.717, 1.165) is 44.9 Å². The van der Waals surface area contributed by atoms with E-state index in [-0.39, 0.29) is 40.5 Å². The lowest BCUT2D eigenvalue weighted by molar-refractivity contribution is -0.149. The summed E-state index contributed by atoms with van der Waals surface area (Å²) < 4.78 is 10.6. The molecule has 0 radical (unpaired) electrons. The summed E-state index contributed by atoms with van der Waals surface area (Å²) in [5, 5.41) is 8.40. The zero-order chi connectivity index (χ0) is 26.8. The van der Waals surface area contributed by atoms with Crippen molar-refractivity contribution in [2.24, 2.45) is 44.8 Å². The number of methoxy groups -OCH3 is 1. The first-order valence-electron chi connectivity index (χ1n) is 13.4. The standard InChI is InChI=1S/C28H38N2O7/c1-15(29-36-17(3)32)28-23(24(30-37-28)25(33)34-6)14-22-20-8-7-18-13-19(35-16(2)31)9-11-26(18,4)21(20)10-12-27(22,28)5/h7,19-23H,8-14H2,1-6H3/b29-15+/t19-,20-,21+,22+,23-,26-,27-,28+/m0/s1. The minimum atomic E-state index is -0.973. The van der Waals surface area contributed by atoms with Gasteiger partial charge in [0.25, 0.3) is 0 Å². The Hall–Kier alpha value is -2.71. The number of ether oxygens (including phenoxy) is 2. The van der Waals surface area contributed by atoms with E-state index in [9.17, 15) is 14.4 Å². The van der Waals surface area contributed by atoms with Crippen LogP contribution >= 0.6 is 0 Å². The molecule has 3 fully saturated rings. The zero-order valence-electron chi connectivity index (χ0n) is 22.7. The minimum absolute atomic E-state index is 0.0382. The molecule has 3 saturated carbocycles. The molecular formula is C28H38N2O7. The summed E-state index contributed by atoms with van der Waals surface area (Å²) in [7, 11) is 1.35. The van der Waals surface area contributed by atoms with Gasteiger partial charge in [-0.25, -0.2) is 9.59 Å². The topological polar surface area (TPSA) is 113 Å². The highest BCUT2D eigenvalue weighted by atomic mass is 16.7. The van der Waals surface area contributed by atoms with Gasteiger partial charge in [0.05, 0.1) is 13.0 Å². The normalized spacial score (nSPS) is 42.1. The highest BCUT2D eigenvalue weighted by molar-refractivity contribution is 6.38. The number of oxime groups is 2. The van der Waals surface area contributed by atoms with Crippen LogP contribution in [0, 0.1) is 34.5 Å². The number of hydrogen-bond acceptors (Lipinski definition) is 9. The molecule has 202 valence electrons. The summed E-state index contributed by atoms with van der Waals surface area (Å²) in [6, 6.07) is 0. The second-order valence-electron chi connectivity index (χ2n) is 12.0. The summed E-state index contributed by atoms with van der Waals surface area (Å²) in [4.78, 5) is 47.1. The number of rotatable bonds is 4. The lowest BCUT2D eigenvalue weighted by Gasteiger charge is -2.58. The van der Waals surface area contributed by atoms with Crippen molar-refractivity contribution in [2.75, 3.05) is 7.11 Å². The van der Waals surface area contributed by atoms with Gasteiger partial charge in [-0.3, -0.25) is 4.79 Å². The number of hydrogen-bond donors (Lipinski definition) is 0. The lowest BCUT2D eigenvalue weighted by Crippen LogP contribution is -2.59. The van der Waals surface area contributed by atoms with Crippen LogP contribution < -0.4 is 0 Å². The van der Waals surface area contributed by atoms with Gasteiger partial charge in [-0.15, -0.1) is 0 Å². The molecule has 5 rings (SSSR count). The van der Waals surface area contributed by atoms with E-state index in [1.807, 2.05) is 6.92 Å². The summed E-state index contributed by atoms with van der Waals surface area (Å²) in [6.45, 7) is 9.22. The number of allylic oxidation sites excluding steroid dienone is 1. The summed E-state index contributed by atoms with van der Waals surface area (Å²) in [5.41, 5.74) is 0.962. The van der Waals surface area contributed by atoms with Crippen LogP contribution in [0.2, 0.25) is 0 Å². The second-order valence-corrected chi connectivity index (χ2v) is 12.0. The third-order valence-electron chi connectivity index (χ3n) is 10.5. The molecular weight excluding hydrogens is 476 g/mol.